The standard InChI is InChI=1S/C29H27FN2O5/c1-15-9-21-23(34)11-20-19-10-17-5-8-22(30)26(17)27(19)32(18-6-3-16(13-31)4-7-18)37-29(20,25(36)14-33)28(21,2)12-24(15)35/h3-4,6-7,9,11,15,22,24,33,35H,5,8,10,12,14H2,1-2H3/t15-,22+,24+,28+,29-/m1/s1. The maximum Gasteiger partial charge on any atom is 0.198 e. The van der Waals surface area contributed by atoms with Crippen molar-refractivity contribution in [1.82, 2.24) is 0 Å². The van der Waals surface area contributed by atoms with E-state index in [1.807, 2.05) is 6.92 Å². The van der Waals surface area contributed by atoms with Gasteiger partial charge in [-0.05, 0) is 61.6 Å². The highest BCUT2D eigenvalue weighted by atomic mass is 19.1. The van der Waals surface area contributed by atoms with Gasteiger partial charge in [-0.2, -0.15) is 5.26 Å². The van der Waals surface area contributed by atoms with Gasteiger partial charge in [0.05, 0.1) is 29.1 Å². The lowest BCUT2D eigenvalue weighted by Gasteiger charge is -2.57. The highest BCUT2D eigenvalue weighted by molar-refractivity contribution is 6.12. The third-order valence-corrected chi connectivity index (χ3v) is 8.79. The Morgan fingerprint density at radius 1 is 1.30 bits per heavy atom. The number of benzene rings is 1. The van der Waals surface area contributed by atoms with Crippen LogP contribution < -0.4 is 5.06 Å². The van der Waals surface area contributed by atoms with Crippen molar-refractivity contribution in [2.75, 3.05) is 11.7 Å². The fourth-order valence-electron chi connectivity index (χ4n) is 6.89. The number of nitrogens with zero attached hydrogens (tertiary/aromatic N) is 2. The molecule has 8 heteroatoms. The number of aliphatic hydroxyl groups excluding tert-OH is 2. The molecular weight excluding hydrogens is 475 g/mol. The van der Waals surface area contributed by atoms with E-state index in [0.717, 1.165) is 5.57 Å². The third kappa shape index (κ3) is 3.02. The molecule has 5 aliphatic rings. The van der Waals surface area contributed by atoms with Gasteiger partial charge in [0.2, 0.25) is 0 Å². The van der Waals surface area contributed by atoms with Crippen LogP contribution in [0.4, 0.5) is 10.1 Å². The number of aliphatic hydroxyl groups is 2. The maximum atomic E-state index is 15.3. The van der Waals surface area contributed by atoms with Crippen LogP contribution in [0.2, 0.25) is 0 Å². The van der Waals surface area contributed by atoms with E-state index in [-0.39, 0.29) is 18.1 Å². The molecule has 6 rings (SSSR count). The van der Waals surface area contributed by atoms with Gasteiger partial charge < -0.3 is 10.2 Å². The van der Waals surface area contributed by atoms with Crippen molar-refractivity contribution < 1.29 is 29.0 Å². The number of carbonyl (C=O) groups is 2. The first-order valence-electron chi connectivity index (χ1n) is 12.6. The predicted molar refractivity (Wildman–Crippen MR) is 131 cm³/mol. The Morgan fingerprint density at radius 3 is 2.70 bits per heavy atom. The molecule has 0 spiro atoms. The van der Waals surface area contributed by atoms with Crippen LogP contribution in [-0.2, 0) is 14.4 Å². The molecule has 37 heavy (non-hydrogen) atoms. The van der Waals surface area contributed by atoms with Crippen molar-refractivity contribution in [3.05, 3.63) is 75.5 Å². The van der Waals surface area contributed by atoms with E-state index >= 15 is 4.39 Å². The summed E-state index contributed by atoms with van der Waals surface area (Å²) in [5, 5.41) is 31.8. The van der Waals surface area contributed by atoms with Gasteiger partial charge in [-0.25, -0.2) is 14.3 Å². The van der Waals surface area contributed by atoms with Gasteiger partial charge in [-0.1, -0.05) is 25.5 Å². The highest BCUT2D eigenvalue weighted by Gasteiger charge is 2.67. The zero-order valence-corrected chi connectivity index (χ0v) is 20.6. The number of ketones is 2. The topological polar surface area (TPSA) is 111 Å². The summed E-state index contributed by atoms with van der Waals surface area (Å²) in [4.78, 5) is 34.0. The van der Waals surface area contributed by atoms with Crippen LogP contribution in [0.3, 0.4) is 0 Å². The normalized spacial score (nSPS) is 34.3. The number of rotatable bonds is 3. The molecule has 1 aliphatic heterocycles. The van der Waals surface area contributed by atoms with Crippen LogP contribution in [0, 0.1) is 22.7 Å². The molecule has 0 bridgehead atoms. The van der Waals surface area contributed by atoms with E-state index in [0.29, 0.717) is 58.5 Å². The minimum atomic E-state index is -1.82. The number of halogens is 1. The van der Waals surface area contributed by atoms with E-state index < -0.39 is 35.7 Å². The number of hydrogen-bond donors (Lipinski definition) is 2. The molecule has 1 heterocycles. The van der Waals surface area contributed by atoms with E-state index in [4.69, 9.17) is 4.84 Å². The smallest absolute Gasteiger partial charge is 0.198 e. The fraction of sp³-hybridized carbons (Fsp3) is 0.414. The number of alkyl halides is 1. The van der Waals surface area contributed by atoms with Gasteiger partial charge in [-0.3, -0.25) is 9.59 Å². The largest absolute Gasteiger partial charge is 0.392 e. The lowest BCUT2D eigenvalue weighted by molar-refractivity contribution is -0.165. The molecule has 0 radical (unpaired) electrons. The summed E-state index contributed by atoms with van der Waals surface area (Å²) < 4.78 is 15.3. The molecule has 4 aliphatic carbocycles. The first kappa shape index (κ1) is 24.0. The van der Waals surface area contributed by atoms with Crippen molar-refractivity contribution in [3.63, 3.8) is 0 Å². The van der Waals surface area contributed by atoms with E-state index in [1.54, 1.807) is 37.3 Å². The molecule has 1 aromatic carbocycles. The van der Waals surface area contributed by atoms with Crippen LogP contribution >= 0.6 is 0 Å². The maximum absolute atomic E-state index is 15.3. The molecule has 0 saturated carbocycles. The van der Waals surface area contributed by atoms with Gasteiger partial charge in [-0.15, -0.1) is 0 Å². The Bertz CT molecular complexity index is 1410. The molecule has 2 N–H and O–H groups in total. The number of carbonyl (C=O) groups excluding carboxylic acids is 2. The monoisotopic (exact) mass is 502 g/mol. The Balaban J connectivity index is 1.65. The lowest BCUT2D eigenvalue weighted by Crippen LogP contribution is -2.66. The molecule has 1 aromatic rings. The first-order chi connectivity index (χ1) is 17.7. The van der Waals surface area contributed by atoms with Crippen LogP contribution in [0.1, 0.15) is 45.1 Å². The summed E-state index contributed by atoms with van der Waals surface area (Å²) in [6, 6.07) is 8.63. The molecule has 0 fully saturated rings. The molecule has 0 aromatic heterocycles. The van der Waals surface area contributed by atoms with E-state index in [2.05, 4.69) is 6.07 Å². The Hall–Kier alpha value is -3.38. The minimum Gasteiger partial charge on any atom is -0.392 e. The summed E-state index contributed by atoms with van der Waals surface area (Å²) in [6.45, 7) is 2.69. The molecule has 5 atom stereocenters. The van der Waals surface area contributed by atoms with Crippen LogP contribution in [0.5, 0.6) is 0 Å². The summed E-state index contributed by atoms with van der Waals surface area (Å²) in [7, 11) is 0. The van der Waals surface area contributed by atoms with Crippen molar-refractivity contribution in [3.8, 4) is 6.07 Å². The van der Waals surface area contributed by atoms with Gasteiger partial charge in [0, 0.05) is 28.1 Å². The quantitative estimate of drug-likeness (QED) is 0.651. The average Bonchev–Trinajstić information content (AvgIpc) is 3.45. The molecule has 190 valence electrons. The predicted octanol–water partition coefficient (Wildman–Crippen LogP) is 3.54. The van der Waals surface area contributed by atoms with Crippen LogP contribution in [0.15, 0.2) is 70.0 Å². The number of allylic oxidation sites excluding steroid dienone is 3. The van der Waals surface area contributed by atoms with Crippen molar-refractivity contribution >= 4 is 17.3 Å². The second-order valence-electron chi connectivity index (χ2n) is 10.8. The summed E-state index contributed by atoms with van der Waals surface area (Å²) in [6.07, 6.45) is 2.41. The molecular formula is C29H27FN2O5. The Labute approximate surface area is 213 Å². The van der Waals surface area contributed by atoms with E-state index in [9.17, 15) is 25.1 Å². The fourth-order valence-corrected chi connectivity index (χ4v) is 6.89. The lowest BCUT2D eigenvalue weighted by atomic mass is 9.52. The second-order valence-corrected chi connectivity index (χ2v) is 10.8. The van der Waals surface area contributed by atoms with Gasteiger partial charge in [0.15, 0.2) is 17.2 Å². The zero-order chi connectivity index (χ0) is 26.3. The van der Waals surface area contributed by atoms with Crippen LogP contribution in [0.25, 0.3) is 0 Å². The van der Waals surface area contributed by atoms with Gasteiger partial charge >= 0.3 is 0 Å². The first-order valence-corrected chi connectivity index (χ1v) is 12.6. The second kappa shape index (κ2) is 8.06. The number of hydroxylamine groups is 1. The van der Waals surface area contributed by atoms with Crippen molar-refractivity contribution in [1.29, 1.82) is 5.26 Å². The number of fused-ring (bicyclic) bond motifs is 5. The highest BCUT2D eigenvalue weighted by Crippen LogP contribution is 2.62. The summed E-state index contributed by atoms with van der Waals surface area (Å²) in [5.74, 6) is -1.22. The Morgan fingerprint density at radius 2 is 2.03 bits per heavy atom. The SMILES string of the molecule is C[C@@H]1C=C2C(=O)C=C3C4=C(C5=C(CC[C@@H]5F)C4)N(c4ccc(C#N)cc4)O[C@]3(C(=O)CO)[C@@]2(C)C[C@@H]1O. The molecule has 0 saturated heterocycles. The zero-order valence-electron chi connectivity index (χ0n) is 20.6. The third-order valence-electron chi connectivity index (χ3n) is 8.79. The number of nitriles is 1. The summed E-state index contributed by atoms with van der Waals surface area (Å²) in [5.41, 5.74) is 1.03. The van der Waals surface area contributed by atoms with Gasteiger partial charge in [0.25, 0.3) is 0 Å². The number of Topliss-reactive ketones (excluding diaryl/α,β-unsaturated/α-hetero) is 1. The van der Waals surface area contributed by atoms with E-state index in [1.165, 1.54) is 11.1 Å². The Kier molecular flexibility index (Phi) is 5.22. The van der Waals surface area contributed by atoms with Crippen molar-refractivity contribution in [2.24, 2.45) is 11.3 Å². The summed E-state index contributed by atoms with van der Waals surface area (Å²) >= 11 is 0. The molecule has 7 nitrogen and oxygen atoms in total. The molecule has 0 unspecified atom stereocenters. The average molecular weight is 503 g/mol. The molecule has 0 amide bonds. The van der Waals surface area contributed by atoms with Crippen molar-refractivity contribution in [2.45, 2.75) is 57.4 Å². The van der Waals surface area contributed by atoms with Gasteiger partial charge in [0.1, 0.15) is 12.8 Å². The van der Waals surface area contributed by atoms with Crippen LogP contribution in [-0.4, -0.2) is 46.3 Å². The number of anilines is 1. The minimum absolute atomic E-state index is 0.0670. The number of hydrogen-bond acceptors (Lipinski definition) is 7.